The van der Waals surface area contributed by atoms with Gasteiger partial charge in [-0.3, -0.25) is 14.4 Å². The number of rotatable bonds is 6. The Hall–Kier alpha value is -3.49. The quantitative estimate of drug-likeness (QED) is 0.570. The summed E-state index contributed by atoms with van der Waals surface area (Å²) in [6.45, 7) is 0.433. The van der Waals surface area contributed by atoms with Crippen LogP contribution in [0.3, 0.4) is 0 Å². The molecule has 34 heavy (non-hydrogen) atoms. The number of likely N-dealkylation sites (tertiary alicyclic amines) is 1. The van der Waals surface area contributed by atoms with Crippen molar-refractivity contribution in [2.45, 2.75) is 31.0 Å². The Morgan fingerprint density at radius 3 is 2.59 bits per heavy atom. The van der Waals surface area contributed by atoms with Gasteiger partial charge in [0.1, 0.15) is 24.4 Å². The van der Waals surface area contributed by atoms with E-state index in [9.17, 15) is 19.5 Å². The van der Waals surface area contributed by atoms with Gasteiger partial charge in [0.25, 0.3) is 5.91 Å². The summed E-state index contributed by atoms with van der Waals surface area (Å²) in [5.41, 5.74) is 2.25. The number of ketones is 1. The summed E-state index contributed by atoms with van der Waals surface area (Å²) < 4.78 is 5.52. The molecule has 2 amide bonds. The third-order valence-electron chi connectivity index (χ3n) is 6.33. The monoisotopic (exact) mass is 476 g/mol. The average molecular weight is 477 g/mol. The van der Waals surface area contributed by atoms with E-state index < -0.39 is 12.1 Å². The van der Waals surface area contributed by atoms with Crippen LogP contribution >= 0.6 is 11.3 Å². The molecule has 0 radical (unpaired) electrons. The van der Waals surface area contributed by atoms with Gasteiger partial charge in [0.15, 0.2) is 5.78 Å². The molecule has 0 bridgehead atoms. The number of Topliss-reactive ketones (excluding diaryl/α,β-unsaturated/α-hetero) is 1. The molecule has 0 saturated carbocycles. The number of amides is 2. The lowest BCUT2D eigenvalue weighted by Crippen LogP contribution is -2.53. The van der Waals surface area contributed by atoms with Crippen molar-refractivity contribution in [2.75, 3.05) is 13.2 Å². The molecule has 7 nitrogen and oxygen atoms in total. The lowest BCUT2D eigenvalue weighted by atomic mass is 10.0. The van der Waals surface area contributed by atoms with E-state index in [-0.39, 0.29) is 42.5 Å². The zero-order valence-electron chi connectivity index (χ0n) is 18.3. The number of benzene rings is 2. The molecular formula is C26H24N2O5S. The fraction of sp³-hybridized carbons (Fsp3) is 0.269. The maximum Gasteiger partial charge on any atom is 0.251 e. The zero-order valence-corrected chi connectivity index (χ0v) is 19.2. The number of carbonyl (C=O) groups is 3. The highest BCUT2D eigenvalue weighted by molar-refractivity contribution is 7.13. The van der Waals surface area contributed by atoms with Crippen LogP contribution in [0.25, 0.3) is 10.4 Å². The minimum Gasteiger partial charge on any atom is -0.508 e. The third kappa shape index (κ3) is 4.47. The molecule has 2 aliphatic rings. The minimum atomic E-state index is -0.860. The summed E-state index contributed by atoms with van der Waals surface area (Å²) in [6.07, 6.45) is 0.569. The molecule has 1 aromatic heterocycles. The van der Waals surface area contributed by atoms with Gasteiger partial charge >= 0.3 is 0 Å². The van der Waals surface area contributed by atoms with Crippen molar-refractivity contribution in [2.24, 2.45) is 0 Å². The van der Waals surface area contributed by atoms with Crippen molar-refractivity contribution in [1.82, 2.24) is 10.2 Å². The van der Waals surface area contributed by atoms with Crippen LogP contribution in [0.2, 0.25) is 0 Å². The Kier molecular flexibility index (Phi) is 6.17. The predicted molar refractivity (Wildman–Crippen MR) is 128 cm³/mol. The highest BCUT2D eigenvalue weighted by Crippen LogP contribution is 2.28. The molecule has 174 valence electrons. The van der Waals surface area contributed by atoms with Crippen molar-refractivity contribution in [1.29, 1.82) is 0 Å². The van der Waals surface area contributed by atoms with Gasteiger partial charge in [0.2, 0.25) is 5.91 Å². The van der Waals surface area contributed by atoms with Gasteiger partial charge in [0, 0.05) is 23.4 Å². The largest absolute Gasteiger partial charge is 0.508 e. The number of phenolic OH excluding ortho intramolecular Hbond substituents is 1. The second-order valence-electron chi connectivity index (χ2n) is 8.53. The van der Waals surface area contributed by atoms with Gasteiger partial charge in [-0.2, -0.15) is 0 Å². The molecule has 2 unspecified atom stereocenters. The summed E-state index contributed by atoms with van der Waals surface area (Å²) in [4.78, 5) is 41.6. The highest BCUT2D eigenvalue weighted by Gasteiger charge is 2.48. The fourth-order valence-electron chi connectivity index (χ4n) is 4.58. The van der Waals surface area contributed by atoms with Crippen molar-refractivity contribution < 1.29 is 24.2 Å². The summed E-state index contributed by atoms with van der Waals surface area (Å²) in [5, 5.41) is 14.5. The van der Waals surface area contributed by atoms with E-state index in [1.54, 1.807) is 52.6 Å². The Balaban J connectivity index is 1.36. The number of nitrogens with zero attached hydrogens (tertiary/aromatic N) is 1. The summed E-state index contributed by atoms with van der Waals surface area (Å²) in [5.74, 6) is -0.644. The Morgan fingerprint density at radius 2 is 1.88 bits per heavy atom. The van der Waals surface area contributed by atoms with Crippen molar-refractivity contribution >= 4 is 28.9 Å². The number of hydrogen-bond donors (Lipinski definition) is 2. The molecular weight excluding hydrogens is 452 g/mol. The zero-order chi connectivity index (χ0) is 23.7. The van der Waals surface area contributed by atoms with Gasteiger partial charge in [0.05, 0.1) is 6.10 Å². The molecule has 0 aliphatic carbocycles. The van der Waals surface area contributed by atoms with E-state index >= 15 is 0 Å². The van der Waals surface area contributed by atoms with E-state index in [1.165, 1.54) is 0 Å². The van der Waals surface area contributed by atoms with Crippen molar-refractivity contribution in [3.63, 3.8) is 0 Å². The van der Waals surface area contributed by atoms with Gasteiger partial charge < -0.3 is 20.1 Å². The maximum absolute atomic E-state index is 13.5. The first kappa shape index (κ1) is 22.3. The molecule has 3 atom stereocenters. The second-order valence-corrected chi connectivity index (χ2v) is 9.48. The Labute approximate surface area is 201 Å². The summed E-state index contributed by atoms with van der Waals surface area (Å²) >= 11 is 1.62. The molecule has 8 heteroatoms. The number of nitrogens with one attached hydrogen (secondary N) is 1. The van der Waals surface area contributed by atoms with E-state index in [0.717, 1.165) is 16.0 Å². The van der Waals surface area contributed by atoms with E-state index in [4.69, 9.17) is 4.74 Å². The number of phenols is 1. The molecule has 0 spiro atoms. The third-order valence-corrected chi connectivity index (χ3v) is 7.25. The molecule has 2 aromatic carbocycles. The first-order chi connectivity index (χ1) is 16.5. The SMILES string of the molecule is O=C(N[C@@H](Cc1ccc(O)cc1)C(=O)N1CCC2OCC(=O)C21)c1ccc(-c2cccs2)cc1. The number of fused-ring (bicyclic) bond motifs is 1. The van der Waals surface area contributed by atoms with E-state index in [2.05, 4.69) is 5.32 Å². The van der Waals surface area contributed by atoms with Crippen molar-refractivity contribution in [3.8, 4) is 16.2 Å². The van der Waals surface area contributed by atoms with Crippen LogP contribution in [0, 0.1) is 0 Å². The van der Waals surface area contributed by atoms with Crippen LogP contribution in [0.15, 0.2) is 66.0 Å². The molecule has 2 aliphatic heterocycles. The van der Waals surface area contributed by atoms with Gasteiger partial charge in [-0.05, 0) is 53.3 Å². The van der Waals surface area contributed by atoms with E-state index in [1.807, 2.05) is 29.6 Å². The maximum atomic E-state index is 13.5. The second kappa shape index (κ2) is 9.40. The molecule has 5 rings (SSSR count). The first-order valence-corrected chi connectivity index (χ1v) is 12.0. The lowest BCUT2D eigenvalue weighted by molar-refractivity contribution is -0.138. The van der Waals surface area contributed by atoms with Crippen LogP contribution in [0.5, 0.6) is 5.75 Å². The molecule has 3 heterocycles. The highest BCUT2D eigenvalue weighted by atomic mass is 32.1. The van der Waals surface area contributed by atoms with Crippen molar-refractivity contribution in [3.05, 3.63) is 77.2 Å². The van der Waals surface area contributed by atoms with Crippen LogP contribution in [-0.4, -0.2) is 58.9 Å². The number of hydrogen-bond acceptors (Lipinski definition) is 6. The standard InChI is InChI=1S/C26H24N2O5S/c29-19-9-3-16(4-10-19)14-20(26(32)28-12-11-22-24(28)21(30)15-33-22)27-25(31)18-7-5-17(6-8-18)23-2-1-13-34-23/h1-10,13,20,22,24,29H,11-12,14-15H2,(H,27,31)/t20-,22?,24?/m0/s1. The van der Waals surface area contributed by atoms with Gasteiger partial charge in [-0.1, -0.05) is 30.3 Å². The Morgan fingerprint density at radius 1 is 1.12 bits per heavy atom. The fourth-order valence-corrected chi connectivity index (χ4v) is 5.31. The number of aromatic hydroxyl groups is 1. The topological polar surface area (TPSA) is 95.9 Å². The minimum absolute atomic E-state index is 0.0185. The normalized spacial score (nSPS) is 20.2. The molecule has 2 saturated heterocycles. The lowest BCUT2D eigenvalue weighted by Gasteiger charge is -2.27. The van der Waals surface area contributed by atoms with Crippen LogP contribution in [0.4, 0.5) is 0 Å². The van der Waals surface area contributed by atoms with Crippen LogP contribution < -0.4 is 5.32 Å². The van der Waals surface area contributed by atoms with Crippen LogP contribution in [-0.2, 0) is 20.7 Å². The van der Waals surface area contributed by atoms with Gasteiger partial charge in [-0.15, -0.1) is 11.3 Å². The summed E-state index contributed by atoms with van der Waals surface area (Å²) in [7, 11) is 0. The number of carbonyl (C=O) groups excluding carboxylic acids is 3. The molecule has 3 aromatic rings. The predicted octanol–water partition coefficient (Wildman–Crippen LogP) is 3.03. The van der Waals surface area contributed by atoms with E-state index in [0.29, 0.717) is 18.5 Å². The van der Waals surface area contributed by atoms with Crippen LogP contribution in [0.1, 0.15) is 22.3 Å². The Bertz CT molecular complexity index is 1190. The average Bonchev–Trinajstić information content (AvgIpc) is 3.60. The molecule has 2 fully saturated rings. The van der Waals surface area contributed by atoms with Gasteiger partial charge in [-0.25, -0.2) is 0 Å². The summed E-state index contributed by atoms with van der Waals surface area (Å²) in [6, 6.07) is 16.3. The smallest absolute Gasteiger partial charge is 0.251 e. The molecule has 2 N–H and O–H groups in total. The number of ether oxygens (including phenoxy) is 1. The first-order valence-electron chi connectivity index (χ1n) is 11.2. The number of thiophene rings is 1.